The predicted molar refractivity (Wildman–Crippen MR) is 66.0 cm³/mol. The molecule has 0 aromatic carbocycles. The molecule has 1 aliphatic rings. The van der Waals surface area contributed by atoms with Crippen LogP contribution < -0.4 is 5.73 Å². The second kappa shape index (κ2) is 5.64. The topological polar surface area (TPSA) is 29.3 Å². The van der Waals surface area contributed by atoms with Gasteiger partial charge in [-0.15, -0.1) is 0 Å². The largest absolute Gasteiger partial charge is 0.329 e. The van der Waals surface area contributed by atoms with Gasteiger partial charge < -0.3 is 5.73 Å². The minimum absolute atomic E-state index is 0.778. The number of hydrogen-bond acceptors (Lipinski definition) is 3. The van der Waals surface area contributed by atoms with Crippen LogP contribution in [-0.2, 0) is 6.54 Å². The smallest absolute Gasteiger partial charge is 0.0245 e. The fraction of sp³-hybridized carbons (Fsp3) is 0.667. The summed E-state index contributed by atoms with van der Waals surface area (Å²) < 4.78 is 0. The molecule has 84 valence electrons. The lowest BCUT2D eigenvalue weighted by molar-refractivity contribution is 0.195. The molecule has 15 heavy (non-hydrogen) atoms. The molecule has 0 saturated heterocycles. The third-order valence-corrected chi connectivity index (χ3v) is 3.96. The van der Waals surface area contributed by atoms with E-state index in [1.807, 2.05) is 0 Å². The number of nitrogens with zero attached hydrogens (tertiary/aromatic N) is 1. The fourth-order valence-electron chi connectivity index (χ4n) is 2.44. The van der Waals surface area contributed by atoms with Crippen LogP contribution in [-0.4, -0.2) is 24.0 Å². The van der Waals surface area contributed by atoms with Crippen LogP contribution in [0.4, 0.5) is 0 Å². The van der Waals surface area contributed by atoms with Crippen LogP contribution in [0.3, 0.4) is 0 Å². The Kier molecular flexibility index (Phi) is 4.18. The summed E-state index contributed by atoms with van der Waals surface area (Å²) in [6.07, 6.45) is 5.53. The van der Waals surface area contributed by atoms with Crippen LogP contribution in [0.15, 0.2) is 16.8 Å². The van der Waals surface area contributed by atoms with Crippen molar-refractivity contribution in [3.63, 3.8) is 0 Å². The molecule has 0 bridgehead atoms. The van der Waals surface area contributed by atoms with E-state index in [1.165, 1.54) is 31.2 Å². The van der Waals surface area contributed by atoms with Gasteiger partial charge in [0, 0.05) is 25.7 Å². The van der Waals surface area contributed by atoms with Crippen LogP contribution in [0.5, 0.6) is 0 Å². The lowest BCUT2D eigenvalue weighted by atomic mass is 10.2. The summed E-state index contributed by atoms with van der Waals surface area (Å²) in [5.74, 6) is 0. The molecular weight excluding hydrogens is 204 g/mol. The van der Waals surface area contributed by atoms with Crippen molar-refractivity contribution in [2.75, 3.05) is 13.1 Å². The van der Waals surface area contributed by atoms with Crippen LogP contribution in [0, 0.1) is 0 Å². The third-order valence-electron chi connectivity index (χ3n) is 3.22. The molecular formula is C12H20N2S. The average Bonchev–Trinajstić information content (AvgIpc) is 2.89. The van der Waals surface area contributed by atoms with Gasteiger partial charge in [0.1, 0.15) is 0 Å². The second-order valence-electron chi connectivity index (χ2n) is 4.33. The maximum Gasteiger partial charge on any atom is 0.0245 e. The summed E-state index contributed by atoms with van der Waals surface area (Å²) in [6.45, 7) is 2.91. The molecule has 1 saturated carbocycles. The van der Waals surface area contributed by atoms with Crippen molar-refractivity contribution in [2.45, 2.75) is 38.3 Å². The van der Waals surface area contributed by atoms with Gasteiger partial charge >= 0.3 is 0 Å². The lowest BCUT2D eigenvalue weighted by Gasteiger charge is -2.27. The Labute approximate surface area is 96.1 Å². The molecule has 0 unspecified atom stereocenters. The molecule has 0 atom stereocenters. The van der Waals surface area contributed by atoms with Gasteiger partial charge in [0.15, 0.2) is 0 Å². The van der Waals surface area contributed by atoms with Crippen LogP contribution in [0.2, 0.25) is 0 Å². The Morgan fingerprint density at radius 1 is 1.40 bits per heavy atom. The van der Waals surface area contributed by atoms with Crippen molar-refractivity contribution in [3.8, 4) is 0 Å². The Morgan fingerprint density at radius 2 is 2.20 bits per heavy atom. The summed E-state index contributed by atoms with van der Waals surface area (Å²) in [6, 6.07) is 3.01. The molecule has 0 amide bonds. The van der Waals surface area contributed by atoms with Gasteiger partial charge in [-0.2, -0.15) is 11.3 Å². The zero-order valence-electron chi connectivity index (χ0n) is 9.19. The van der Waals surface area contributed by atoms with Crippen molar-refractivity contribution in [3.05, 3.63) is 22.4 Å². The van der Waals surface area contributed by atoms with Crippen molar-refractivity contribution < 1.29 is 0 Å². The van der Waals surface area contributed by atoms with E-state index in [1.54, 1.807) is 11.3 Å². The first-order valence-corrected chi connectivity index (χ1v) is 6.79. The van der Waals surface area contributed by atoms with E-state index in [9.17, 15) is 0 Å². The highest BCUT2D eigenvalue weighted by molar-refractivity contribution is 7.07. The summed E-state index contributed by atoms with van der Waals surface area (Å²) in [5, 5.41) is 4.41. The molecule has 3 heteroatoms. The Morgan fingerprint density at radius 3 is 2.80 bits per heavy atom. The summed E-state index contributed by atoms with van der Waals surface area (Å²) in [4.78, 5) is 2.56. The van der Waals surface area contributed by atoms with Crippen molar-refractivity contribution in [1.29, 1.82) is 0 Å². The van der Waals surface area contributed by atoms with Gasteiger partial charge in [0.2, 0.25) is 0 Å². The monoisotopic (exact) mass is 224 g/mol. The van der Waals surface area contributed by atoms with Gasteiger partial charge in [-0.25, -0.2) is 0 Å². The van der Waals surface area contributed by atoms with Gasteiger partial charge in [0.05, 0.1) is 0 Å². The first kappa shape index (κ1) is 11.1. The highest BCUT2D eigenvalue weighted by Crippen LogP contribution is 2.24. The van der Waals surface area contributed by atoms with Crippen LogP contribution >= 0.6 is 11.3 Å². The predicted octanol–water partition coefficient (Wildman–Crippen LogP) is 2.45. The molecule has 0 aliphatic heterocycles. The number of thiophene rings is 1. The molecule has 0 spiro atoms. The van der Waals surface area contributed by atoms with Crippen LogP contribution in [0.1, 0.15) is 31.2 Å². The van der Waals surface area contributed by atoms with E-state index in [4.69, 9.17) is 5.73 Å². The summed E-state index contributed by atoms with van der Waals surface area (Å²) in [7, 11) is 0. The maximum absolute atomic E-state index is 5.69. The zero-order chi connectivity index (χ0) is 10.5. The van der Waals surface area contributed by atoms with E-state index >= 15 is 0 Å². The first-order valence-electron chi connectivity index (χ1n) is 5.85. The highest BCUT2D eigenvalue weighted by atomic mass is 32.1. The van der Waals surface area contributed by atoms with Gasteiger partial charge in [-0.1, -0.05) is 12.8 Å². The van der Waals surface area contributed by atoms with Gasteiger partial charge in [-0.3, -0.25) is 4.90 Å². The minimum atomic E-state index is 0.778. The summed E-state index contributed by atoms with van der Waals surface area (Å²) in [5.41, 5.74) is 7.13. The van der Waals surface area contributed by atoms with E-state index in [0.29, 0.717) is 0 Å². The Hall–Kier alpha value is -0.380. The highest BCUT2D eigenvalue weighted by Gasteiger charge is 2.21. The molecule has 1 heterocycles. The van der Waals surface area contributed by atoms with Crippen molar-refractivity contribution in [2.24, 2.45) is 5.73 Å². The van der Waals surface area contributed by atoms with Gasteiger partial charge in [0.25, 0.3) is 0 Å². The minimum Gasteiger partial charge on any atom is -0.329 e. The number of rotatable bonds is 5. The zero-order valence-corrected chi connectivity index (χ0v) is 10.0. The first-order chi connectivity index (χ1) is 7.40. The fourth-order valence-corrected chi connectivity index (χ4v) is 3.10. The molecule has 1 aromatic heterocycles. The van der Waals surface area contributed by atoms with E-state index in [0.717, 1.165) is 25.7 Å². The summed E-state index contributed by atoms with van der Waals surface area (Å²) >= 11 is 1.78. The molecule has 1 aliphatic carbocycles. The lowest BCUT2D eigenvalue weighted by Crippen LogP contribution is -2.36. The molecule has 1 aromatic rings. The van der Waals surface area contributed by atoms with Crippen molar-refractivity contribution in [1.82, 2.24) is 4.90 Å². The Balaban J connectivity index is 1.93. The second-order valence-corrected chi connectivity index (χ2v) is 5.11. The third kappa shape index (κ3) is 3.03. The average molecular weight is 224 g/mol. The standard InChI is InChI=1S/C12H20N2S/c13-6-7-14(12-3-1-2-4-12)9-11-5-8-15-10-11/h5,8,10,12H,1-4,6-7,9,13H2. The molecule has 1 fully saturated rings. The molecule has 2 N–H and O–H groups in total. The van der Waals surface area contributed by atoms with E-state index in [-0.39, 0.29) is 0 Å². The molecule has 0 radical (unpaired) electrons. The maximum atomic E-state index is 5.69. The van der Waals surface area contributed by atoms with Crippen molar-refractivity contribution >= 4 is 11.3 Å². The quantitative estimate of drug-likeness (QED) is 0.832. The Bertz CT molecular complexity index is 265. The SMILES string of the molecule is NCCN(Cc1ccsc1)C1CCCC1. The normalized spacial score (nSPS) is 17.7. The number of nitrogens with two attached hydrogens (primary N) is 1. The number of hydrogen-bond donors (Lipinski definition) is 1. The molecule has 2 rings (SSSR count). The van der Waals surface area contributed by atoms with Gasteiger partial charge in [-0.05, 0) is 35.2 Å². The molecule has 2 nitrogen and oxygen atoms in total. The van der Waals surface area contributed by atoms with Crippen LogP contribution in [0.25, 0.3) is 0 Å². The van der Waals surface area contributed by atoms with E-state index < -0.39 is 0 Å². The van der Waals surface area contributed by atoms with E-state index in [2.05, 4.69) is 21.7 Å².